The van der Waals surface area contributed by atoms with Gasteiger partial charge >= 0.3 is 0 Å². The Morgan fingerprint density at radius 3 is 2.72 bits per heavy atom. The Morgan fingerprint density at radius 2 is 2.00 bits per heavy atom. The van der Waals surface area contributed by atoms with Crippen LogP contribution in [0.1, 0.15) is 58.8 Å². The number of hydrogen-bond acceptors (Lipinski definition) is 3. The molecule has 0 radical (unpaired) electrons. The third-order valence-corrected chi connectivity index (χ3v) is 8.90. The van der Waals surface area contributed by atoms with E-state index in [0.29, 0.717) is 24.2 Å². The number of carbonyl (C=O) groups excluding carboxylic acids is 2. The van der Waals surface area contributed by atoms with Crippen LogP contribution in [-0.4, -0.2) is 28.7 Å². The first-order chi connectivity index (χ1) is 11.8. The molecule has 138 valence electrons. The summed E-state index contributed by atoms with van der Waals surface area (Å²) in [5.41, 5.74) is 1.24. The largest absolute Gasteiger partial charge is 0.389 e. The monoisotopic (exact) mass is 364 g/mol. The second-order valence-corrected chi connectivity index (χ2v) is 9.89. The quantitative estimate of drug-likeness (QED) is 0.756. The molecular weight excluding hydrogens is 336 g/mol. The minimum Gasteiger partial charge on any atom is -0.389 e. The van der Waals surface area contributed by atoms with Crippen molar-refractivity contribution >= 4 is 23.2 Å². The van der Waals surface area contributed by atoms with E-state index in [-0.39, 0.29) is 40.3 Å². The van der Waals surface area contributed by atoms with Gasteiger partial charge in [-0.25, -0.2) is 0 Å². The van der Waals surface area contributed by atoms with Gasteiger partial charge in [-0.1, -0.05) is 13.8 Å². The lowest BCUT2D eigenvalue weighted by atomic mass is 9.46. The third-order valence-electron chi connectivity index (χ3n) is 8.48. The number of hydrogen-bond donors (Lipinski definition) is 1. The Hall–Kier alpha value is -0.670. The van der Waals surface area contributed by atoms with Crippen molar-refractivity contribution in [3.05, 3.63) is 11.6 Å². The maximum Gasteiger partial charge on any atom is 0.161 e. The lowest BCUT2D eigenvalue weighted by Crippen LogP contribution is -2.53. The molecule has 0 saturated heterocycles. The van der Waals surface area contributed by atoms with Crippen molar-refractivity contribution < 1.29 is 14.7 Å². The predicted octanol–water partition coefficient (Wildman–Crippen LogP) is 3.91. The molecule has 25 heavy (non-hydrogen) atoms. The van der Waals surface area contributed by atoms with E-state index in [1.807, 2.05) is 6.08 Å². The molecule has 0 aromatic carbocycles. The van der Waals surface area contributed by atoms with Crippen molar-refractivity contribution in [1.82, 2.24) is 0 Å². The first-order valence-electron chi connectivity index (χ1n) is 9.84. The van der Waals surface area contributed by atoms with Crippen LogP contribution in [0.4, 0.5) is 0 Å². The average Bonchev–Trinajstić information content (AvgIpc) is 2.93. The number of alkyl halides is 1. The van der Waals surface area contributed by atoms with Crippen LogP contribution in [-0.2, 0) is 9.59 Å². The number of Topliss-reactive ketones (excluding diaryl/α,β-unsaturated/α-hetero) is 1. The number of ketones is 2. The molecule has 4 aliphatic carbocycles. The lowest BCUT2D eigenvalue weighted by Gasteiger charge is -2.59. The fourth-order valence-corrected chi connectivity index (χ4v) is 7.72. The molecule has 0 heterocycles. The third kappa shape index (κ3) is 2.41. The number of halogens is 1. The summed E-state index contributed by atoms with van der Waals surface area (Å²) in [7, 11) is 0. The molecule has 3 fully saturated rings. The summed E-state index contributed by atoms with van der Waals surface area (Å²) in [5.74, 6) is 1.89. The van der Waals surface area contributed by atoms with Gasteiger partial charge in [-0.3, -0.25) is 9.59 Å². The zero-order valence-electron chi connectivity index (χ0n) is 15.3. The Kier molecular flexibility index (Phi) is 4.20. The van der Waals surface area contributed by atoms with Gasteiger partial charge in [-0.15, -0.1) is 11.6 Å². The van der Waals surface area contributed by atoms with Gasteiger partial charge < -0.3 is 5.11 Å². The van der Waals surface area contributed by atoms with Crippen LogP contribution in [0.3, 0.4) is 0 Å². The first kappa shape index (κ1) is 17.7. The number of allylic oxidation sites excluding steroid dienone is 1. The summed E-state index contributed by atoms with van der Waals surface area (Å²) in [6.45, 7) is 4.28. The van der Waals surface area contributed by atoms with Gasteiger partial charge in [0.15, 0.2) is 11.6 Å². The minimum atomic E-state index is -0.327. The normalized spacial score (nSPS) is 49.0. The van der Waals surface area contributed by atoms with E-state index in [9.17, 15) is 14.7 Å². The highest BCUT2D eigenvalue weighted by atomic mass is 35.5. The van der Waals surface area contributed by atoms with Crippen molar-refractivity contribution in [1.29, 1.82) is 0 Å². The molecular formula is C21H29ClO3. The summed E-state index contributed by atoms with van der Waals surface area (Å²) in [4.78, 5) is 24.3. The van der Waals surface area contributed by atoms with Gasteiger partial charge in [-0.05, 0) is 78.8 Å². The van der Waals surface area contributed by atoms with Crippen molar-refractivity contribution in [2.45, 2.75) is 64.2 Å². The smallest absolute Gasteiger partial charge is 0.161 e. The van der Waals surface area contributed by atoms with Crippen molar-refractivity contribution in [3.63, 3.8) is 0 Å². The van der Waals surface area contributed by atoms with E-state index in [1.165, 1.54) is 5.57 Å². The number of aliphatic hydroxyl groups excluding tert-OH is 1. The van der Waals surface area contributed by atoms with Crippen LogP contribution >= 0.6 is 11.6 Å². The molecule has 0 spiro atoms. The van der Waals surface area contributed by atoms with E-state index in [2.05, 4.69) is 13.8 Å². The van der Waals surface area contributed by atoms with Crippen molar-refractivity contribution in [2.24, 2.45) is 34.5 Å². The fourth-order valence-electron chi connectivity index (χ4n) is 7.20. The van der Waals surface area contributed by atoms with Gasteiger partial charge in [0, 0.05) is 12.3 Å². The van der Waals surface area contributed by atoms with Crippen LogP contribution in [0.25, 0.3) is 0 Å². The van der Waals surface area contributed by atoms with Crippen LogP contribution in [0.5, 0.6) is 0 Å². The Bertz CT molecular complexity index is 641. The maximum atomic E-state index is 12.3. The number of carbonyl (C=O) groups is 2. The van der Waals surface area contributed by atoms with Gasteiger partial charge in [0.05, 0.1) is 5.38 Å². The standard InChI is InChI=1S/C21H29ClO3/c1-20-8-6-15-13(14(20)3-4-16(20)19(25)11-23)10-18(22)17-9-12(24)5-7-21(15,17)2/h9,13-16,18,23H,3-8,10-11H2,1-2H3/t13-,14-,15-,16+,18?,20-,21+/m0/s1. The van der Waals surface area contributed by atoms with Crippen LogP contribution in [0, 0.1) is 34.5 Å². The van der Waals surface area contributed by atoms with Gasteiger partial charge in [0.1, 0.15) is 6.61 Å². The summed E-state index contributed by atoms with van der Waals surface area (Å²) >= 11 is 6.80. The van der Waals surface area contributed by atoms with Crippen molar-refractivity contribution in [3.8, 4) is 0 Å². The van der Waals surface area contributed by atoms with E-state index in [4.69, 9.17) is 11.6 Å². The molecule has 1 unspecified atom stereocenters. The van der Waals surface area contributed by atoms with E-state index in [1.54, 1.807) is 0 Å². The van der Waals surface area contributed by atoms with E-state index >= 15 is 0 Å². The molecule has 4 aliphatic rings. The second-order valence-electron chi connectivity index (χ2n) is 9.36. The lowest BCUT2D eigenvalue weighted by molar-refractivity contribution is -0.133. The first-order valence-corrected chi connectivity index (χ1v) is 10.3. The maximum absolute atomic E-state index is 12.3. The van der Waals surface area contributed by atoms with Crippen LogP contribution < -0.4 is 0 Å². The Labute approximate surface area is 155 Å². The molecule has 0 aromatic heterocycles. The zero-order chi connectivity index (χ0) is 18.0. The molecule has 0 bridgehead atoms. The minimum absolute atomic E-state index is 0.00917. The molecule has 0 aromatic rings. The molecule has 3 nitrogen and oxygen atoms in total. The second kappa shape index (κ2) is 5.92. The zero-order valence-corrected chi connectivity index (χ0v) is 16.0. The SMILES string of the molecule is C[C@]12CC[C@H]3[C@@H](CC(Cl)C4=CC(=O)CC[C@@]43C)[C@@H]1CC[C@@H]2C(=O)CO. The van der Waals surface area contributed by atoms with E-state index in [0.717, 1.165) is 38.5 Å². The van der Waals surface area contributed by atoms with Gasteiger partial charge in [-0.2, -0.15) is 0 Å². The Balaban J connectivity index is 1.68. The van der Waals surface area contributed by atoms with Crippen LogP contribution in [0.15, 0.2) is 11.6 Å². The molecule has 1 N–H and O–H groups in total. The molecule has 7 atom stereocenters. The summed E-state index contributed by atoms with van der Waals surface area (Å²) in [6, 6.07) is 0. The Morgan fingerprint density at radius 1 is 1.24 bits per heavy atom. The molecule has 4 heteroatoms. The average molecular weight is 365 g/mol. The predicted molar refractivity (Wildman–Crippen MR) is 97.3 cm³/mol. The topological polar surface area (TPSA) is 54.4 Å². The van der Waals surface area contributed by atoms with Crippen LogP contribution in [0.2, 0.25) is 0 Å². The summed E-state index contributed by atoms with van der Waals surface area (Å²) < 4.78 is 0. The highest BCUT2D eigenvalue weighted by Crippen LogP contribution is 2.67. The highest BCUT2D eigenvalue weighted by molar-refractivity contribution is 6.23. The molecule has 0 amide bonds. The highest BCUT2D eigenvalue weighted by Gasteiger charge is 2.61. The molecule has 3 saturated carbocycles. The van der Waals surface area contributed by atoms with Gasteiger partial charge in [0.2, 0.25) is 0 Å². The van der Waals surface area contributed by atoms with Gasteiger partial charge in [0.25, 0.3) is 0 Å². The number of rotatable bonds is 2. The summed E-state index contributed by atoms with van der Waals surface area (Å²) in [6.07, 6.45) is 8.49. The fraction of sp³-hybridized carbons (Fsp3) is 0.810. The van der Waals surface area contributed by atoms with Crippen molar-refractivity contribution in [2.75, 3.05) is 6.61 Å². The number of fused-ring (bicyclic) bond motifs is 5. The molecule has 4 rings (SSSR count). The van der Waals surface area contributed by atoms with E-state index < -0.39 is 0 Å². The molecule has 0 aliphatic heterocycles. The number of aliphatic hydroxyl groups is 1. The summed E-state index contributed by atoms with van der Waals surface area (Å²) in [5, 5.41) is 9.33.